The maximum absolute atomic E-state index is 9.36. The van der Waals surface area contributed by atoms with E-state index in [0.717, 1.165) is 25.9 Å². The molecule has 0 aromatic heterocycles. The second kappa shape index (κ2) is 9.90. The van der Waals surface area contributed by atoms with Gasteiger partial charge in [0, 0.05) is 6.61 Å². The third-order valence-corrected chi connectivity index (χ3v) is 3.71. The lowest BCUT2D eigenvalue weighted by Crippen LogP contribution is -2.10. The molecule has 1 N–H and O–H groups in total. The van der Waals surface area contributed by atoms with E-state index in [0.29, 0.717) is 6.10 Å². The summed E-state index contributed by atoms with van der Waals surface area (Å²) in [6.07, 6.45) is 13.9. The number of hydrogen-bond donors (Lipinski definition) is 1. The molecule has 1 aliphatic rings. The van der Waals surface area contributed by atoms with Crippen LogP contribution in [0.2, 0.25) is 0 Å². The third-order valence-electron chi connectivity index (χ3n) is 3.71. The van der Waals surface area contributed by atoms with Crippen molar-refractivity contribution in [3.05, 3.63) is 0 Å². The Morgan fingerprint density at radius 1 is 0.941 bits per heavy atom. The van der Waals surface area contributed by atoms with Gasteiger partial charge in [0.25, 0.3) is 0 Å². The van der Waals surface area contributed by atoms with Gasteiger partial charge in [-0.05, 0) is 25.7 Å². The summed E-state index contributed by atoms with van der Waals surface area (Å²) in [6.45, 7) is 3.16. The minimum Gasteiger partial charge on any atom is -0.393 e. The third kappa shape index (κ3) is 7.77. The van der Waals surface area contributed by atoms with Gasteiger partial charge in [-0.2, -0.15) is 0 Å². The molecule has 0 amide bonds. The topological polar surface area (TPSA) is 29.5 Å². The van der Waals surface area contributed by atoms with E-state index in [2.05, 4.69) is 6.92 Å². The summed E-state index contributed by atoms with van der Waals surface area (Å²) in [4.78, 5) is 0. The molecule has 0 aliphatic heterocycles. The maximum Gasteiger partial charge on any atom is 0.0600 e. The van der Waals surface area contributed by atoms with E-state index in [1.165, 1.54) is 51.4 Å². The van der Waals surface area contributed by atoms with Crippen molar-refractivity contribution in [2.75, 3.05) is 6.61 Å². The fraction of sp³-hybridized carbons (Fsp3) is 1.00. The summed E-state index contributed by atoms with van der Waals surface area (Å²) >= 11 is 0. The lowest BCUT2D eigenvalue weighted by molar-refractivity contribution is 0.0450. The van der Waals surface area contributed by atoms with Crippen molar-refractivity contribution in [3.8, 4) is 0 Å². The predicted octanol–water partition coefficient (Wildman–Crippen LogP) is 4.06. The van der Waals surface area contributed by atoms with Crippen LogP contribution >= 0.6 is 0 Å². The molecular weight excluding hydrogens is 212 g/mol. The standard InChI is InChI=1S/C15H30O2/c1-2-3-4-5-6-7-8-9-12-17-15-11-10-14(16)13-15/h14-16H,2-13H2,1H3. The van der Waals surface area contributed by atoms with Crippen LogP contribution in [0.1, 0.15) is 77.6 Å². The van der Waals surface area contributed by atoms with Gasteiger partial charge in [-0.3, -0.25) is 0 Å². The van der Waals surface area contributed by atoms with Crippen LogP contribution in [0.3, 0.4) is 0 Å². The number of hydrogen-bond acceptors (Lipinski definition) is 2. The quantitative estimate of drug-likeness (QED) is 0.585. The van der Waals surface area contributed by atoms with Crippen molar-refractivity contribution in [1.29, 1.82) is 0 Å². The fourth-order valence-electron chi connectivity index (χ4n) is 2.55. The molecule has 0 aromatic rings. The van der Waals surface area contributed by atoms with Crippen molar-refractivity contribution in [1.82, 2.24) is 0 Å². The average Bonchev–Trinajstić information content (AvgIpc) is 2.73. The molecule has 2 nitrogen and oxygen atoms in total. The SMILES string of the molecule is CCCCCCCCCCOC1CCC(O)C1. The van der Waals surface area contributed by atoms with Crippen molar-refractivity contribution >= 4 is 0 Å². The van der Waals surface area contributed by atoms with Crippen LogP contribution in [0.15, 0.2) is 0 Å². The van der Waals surface area contributed by atoms with E-state index in [-0.39, 0.29) is 6.10 Å². The lowest BCUT2D eigenvalue weighted by Gasteiger charge is -2.10. The molecule has 0 radical (unpaired) electrons. The normalized spacial score (nSPS) is 24.4. The Morgan fingerprint density at radius 2 is 1.59 bits per heavy atom. The Morgan fingerprint density at radius 3 is 2.18 bits per heavy atom. The van der Waals surface area contributed by atoms with E-state index in [4.69, 9.17) is 4.74 Å². The highest BCUT2D eigenvalue weighted by Crippen LogP contribution is 2.22. The van der Waals surface area contributed by atoms with Crippen molar-refractivity contribution < 1.29 is 9.84 Å². The monoisotopic (exact) mass is 242 g/mol. The first-order valence-electron chi connectivity index (χ1n) is 7.62. The van der Waals surface area contributed by atoms with Crippen LogP contribution < -0.4 is 0 Å². The summed E-state index contributed by atoms with van der Waals surface area (Å²) in [6, 6.07) is 0. The minimum absolute atomic E-state index is 0.0986. The number of unbranched alkanes of at least 4 members (excludes halogenated alkanes) is 7. The average molecular weight is 242 g/mol. The molecule has 1 rings (SSSR count). The molecule has 0 saturated heterocycles. The zero-order valence-corrected chi connectivity index (χ0v) is 11.5. The Bertz CT molecular complexity index is 170. The summed E-state index contributed by atoms with van der Waals surface area (Å²) < 4.78 is 5.76. The Kier molecular flexibility index (Phi) is 8.72. The molecule has 0 heterocycles. The van der Waals surface area contributed by atoms with Crippen LogP contribution in [0.25, 0.3) is 0 Å². The first-order chi connectivity index (χ1) is 8.33. The fourth-order valence-corrected chi connectivity index (χ4v) is 2.55. The molecule has 2 unspecified atom stereocenters. The van der Waals surface area contributed by atoms with Gasteiger partial charge in [-0.15, -0.1) is 0 Å². The lowest BCUT2D eigenvalue weighted by atomic mass is 10.1. The molecule has 2 heteroatoms. The van der Waals surface area contributed by atoms with Gasteiger partial charge >= 0.3 is 0 Å². The van der Waals surface area contributed by atoms with Crippen LogP contribution in [0.5, 0.6) is 0 Å². The first-order valence-corrected chi connectivity index (χ1v) is 7.62. The number of aliphatic hydroxyl groups is 1. The van der Waals surface area contributed by atoms with Crippen LogP contribution in [0, 0.1) is 0 Å². The van der Waals surface area contributed by atoms with Gasteiger partial charge in [0.15, 0.2) is 0 Å². The summed E-state index contributed by atoms with van der Waals surface area (Å²) in [5.41, 5.74) is 0. The largest absolute Gasteiger partial charge is 0.393 e. The summed E-state index contributed by atoms with van der Waals surface area (Å²) in [5, 5.41) is 9.36. The second-order valence-corrected chi connectivity index (χ2v) is 5.43. The molecule has 102 valence electrons. The van der Waals surface area contributed by atoms with E-state index < -0.39 is 0 Å². The van der Waals surface area contributed by atoms with Gasteiger partial charge in [0.05, 0.1) is 12.2 Å². The molecular formula is C15H30O2. The number of rotatable bonds is 10. The van der Waals surface area contributed by atoms with Crippen molar-refractivity contribution in [2.45, 2.75) is 89.8 Å². The molecule has 17 heavy (non-hydrogen) atoms. The molecule has 1 saturated carbocycles. The Labute approximate surface area is 107 Å². The number of ether oxygens (including phenoxy) is 1. The van der Waals surface area contributed by atoms with Gasteiger partial charge in [-0.1, -0.05) is 51.9 Å². The van der Waals surface area contributed by atoms with E-state index in [9.17, 15) is 5.11 Å². The first kappa shape index (κ1) is 15.0. The number of aliphatic hydroxyl groups excluding tert-OH is 1. The van der Waals surface area contributed by atoms with Crippen LogP contribution in [-0.4, -0.2) is 23.9 Å². The van der Waals surface area contributed by atoms with E-state index in [1.54, 1.807) is 0 Å². The Hall–Kier alpha value is -0.0800. The van der Waals surface area contributed by atoms with Gasteiger partial charge in [0.1, 0.15) is 0 Å². The minimum atomic E-state index is -0.0986. The van der Waals surface area contributed by atoms with Crippen LogP contribution in [0.4, 0.5) is 0 Å². The van der Waals surface area contributed by atoms with Crippen molar-refractivity contribution in [3.63, 3.8) is 0 Å². The highest BCUT2D eigenvalue weighted by molar-refractivity contribution is 4.74. The molecule has 1 aliphatic carbocycles. The van der Waals surface area contributed by atoms with E-state index >= 15 is 0 Å². The second-order valence-electron chi connectivity index (χ2n) is 5.43. The molecule has 0 spiro atoms. The van der Waals surface area contributed by atoms with E-state index in [1.807, 2.05) is 0 Å². The van der Waals surface area contributed by atoms with Gasteiger partial charge < -0.3 is 9.84 Å². The molecule has 1 fully saturated rings. The predicted molar refractivity (Wildman–Crippen MR) is 72.2 cm³/mol. The maximum atomic E-state index is 9.36. The highest BCUT2D eigenvalue weighted by Gasteiger charge is 2.22. The van der Waals surface area contributed by atoms with Crippen molar-refractivity contribution in [2.24, 2.45) is 0 Å². The van der Waals surface area contributed by atoms with Gasteiger partial charge in [-0.25, -0.2) is 0 Å². The zero-order valence-electron chi connectivity index (χ0n) is 11.5. The highest BCUT2D eigenvalue weighted by atomic mass is 16.5. The smallest absolute Gasteiger partial charge is 0.0600 e. The zero-order chi connectivity index (χ0) is 12.3. The van der Waals surface area contributed by atoms with Gasteiger partial charge in [0.2, 0.25) is 0 Å². The Balaban J connectivity index is 1.75. The summed E-state index contributed by atoms with van der Waals surface area (Å²) in [7, 11) is 0. The molecule has 2 atom stereocenters. The summed E-state index contributed by atoms with van der Waals surface area (Å²) in [5.74, 6) is 0. The molecule has 0 aromatic carbocycles. The molecule has 0 bridgehead atoms. The van der Waals surface area contributed by atoms with Crippen LogP contribution in [-0.2, 0) is 4.74 Å².